The number of rotatable bonds is 4. The molecule has 1 fully saturated rings. The summed E-state index contributed by atoms with van der Waals surface area (Å²) in [5.74, 6) is -3.65. The van der Waals surface area contributed by atoms with Gasteiger partial charge in [-0.05, 0) is 91.5 Å². The number of allylic oxidation sites excluding steroid dienone is 1. The van der Waals surface area contributed by atoms with Crippen LogP contribution in [0.3, 0.4) is 0 Å². The maximum absolute atomic E-state index is 15.2. The Kier molecular flexibility index (Phi) is 6.23. The van der Waals surface area contributed by atoms with Gasteiger partial charge in [0.15, 0.2) is 17.5 Å². The highest BCUT2D eigenvalue weighted by Gasteiger charge is 2.33. The molecule has 0 saturated heterocycles. The molecule has 166 valence electrons. The first-order valence-corrected chi connectivity index (χ1v) is 11.1. The van der Waals surface area contributed by atoms with Gasteiger partial charge in [0.1, 0.15) is 5.82 Å². The largest absolute Gasteiger partial charge is 0.212 e. The summed E-state index contributed by atoms with van der Waals surface area (Å²) in [5.41, 5.74) is 1.62. The van der Waals surface area contributed by atoms with E-state index in [2.05, 4.69) is 6.58 Å². The van der Waals surface area contributed by atoms with E-state index in [0.717, 1.165) is 56.2 Å². The SMILES string of the molecule is C=C(F)C(C)C1CCC(C2CCc3c(ccc(-c4cc(F)c(F)c(F)c4)c3F)C2)CC1. The van der Waals surface area contributed by atoms with E-state index in [1.807, 2.05) is 13.0 Å². The van der Waals surface area contributed by atoms with Crippen molar-refractivity contribution in [2.75, 3.05) is 0 Å². The Balaban J connectivity index is 1.49. The number of fused-ring (bicyclic) bond motifs is 1. The number of halogens is 5. The third-order valence-electron chi connectivity index (χ3n) is 7.57. The first-order valence-electron chi connectivity index (χ1n) is 11.1. The normalized spacial score (nSPS) is 24.5. The molecule has 0 heterocycles. The average molecular weight is 434 g/mol. The maximum Gasteiger partial charge on any atom is 0.194 e. The minimum Gasteiger partial charge on any atom is -0.212 e. The summed E-state index contributed by atoms with van der Waals surface area (Å²) >= 11 is 0. The maximum atomic E-state index is 15.2. The van der Waals surface area contributed by atoms with Gasteiger partial charge in [-0.25, -0.2) is 22.0 Å². The van der Waals surface area contributed by atoms with Crippen molar-refractivity contribution in [2.24, 2.45) is 23.7 Å². The van der Waals surface area contributed by atoms with Crippen LogP contribution in [-0.2, 0) is 12.8 Å². The molecule has 0 N–H and O–H groups in total. The first-order chi connectivity index (χ1) is 14.8. The molecule has 2 aromatic carbocycles. The topological polar surface area (TPSA) is 0 Å². The van der Waals surface area contributed by atoms with E-state index in [0.29, 0.717) is 29.7 Å². The molecular weight excluding hydrogens is 407 g/mol. The molecule has 1 saturated carbocycles. The van der Waals surface area contributed by atoms with Crippen molar-refractivity contribution < 1.29 is 22.0 Å². The summed E-state index contributed by atoms with van der Waals surface area (Å²) < 4.78 is 69.2. The van der Waals surface area contributed by atoms with Gasteiger partial charge < -0.3 is 0 Å². The van der Waals surface area contributed by atoms with Crippen molar-refractivity contribution in [3.63, 3.8) is 0 Å². The second kappa shape index (κ2) is 8.76. The van der Waals surface area contributed by atoms with E-state index in [1.54, 1.807) is 0 Å². The van der Waals surface area contributed by atoms with Crippen LogP contribution < -0.4 is 0 Å². The van der Waals surface area contributed by atoms with Gasteiger partial charge in [-0.3, -0.25) is 0 Å². The molecule has 0 amide bonds. The lowest BCUT2D eigenvalue weighted by atomic mass is 9.68. The molecule has 0 aromatic heterocycles. The highest BCUT2D eigenvalue weighted by atomic mass is 19.2. The van der Waals surface area contributed by atoms with Crippen molar-refractivity contribution in [1.29, 1.82) is 0 Å². The predicted octanol–water partition coefficient (Wildman–Crippen LogP) is 7.94. The van der Waals surface area contributed by atoms with Crippen LogP contribution in [0.25, 0.3) is 11.1 Å². The molecule has 2 aliphatic carbocycles. The van der Waals surface area contributed by atoms with Crippen LogP contribution in [0.4, 0.5) is 22.0 Å². The molecule has 5 heteroatoms. The second-order valence-corrected chi connectivity index (χ2v) is 9.23. The number of hydrogen-bond donors (Lipinski definition) is 0. The minimum atomic E-state index is -1.55. The highest BCUT2D eigenvalue weighted by Crippen LogP contribution is 2.43. The van der Waals surface area contributed by atoms with Gasteiger partial charge in [-0.1, -0.05) is 25.6 Å². The van der Waals surface area contributed by atoms with Crippen molar-refractivity contribution in [3.05, 3.63) is 71.1 Å². The lowest BCUT2D eigenvalue weighted by Gasteiger charge is -2.38. The van der Waals surface area contributed by atoms with Crippen molar-refractivity contribution in [2.45, 2.75) is 51.9 Å². The molecule has 2 unspecified atom stereocenters. The fourth-order valence-electron chi connectivity index (χ4n) is 5.55. The van der Waals surface area contributed by atoms with Gasteiger partial charge in [0.05, 0.1) is 5.83 Å². The standard InChI is InChI=1S/C26H27F5/c1-14(15(2)27)16-3-5-17(6-4-16)18-7-9-21-19(11-18)8-10-22(25(21)30)20-12-23(28)26(31)24(29)13-20/h8,10,12-14,16-18H,2-7,9,11H2,1H3. The summed E-state index contributed by atoms with van der Waals surface area (Å²) in [6.07, 6.45) is 6.30. The van der Waals surface area contributed by atoms with Gasteiger partial charge >= 0.3 is 0 Å². The van der Waals surface area contributed by atoms with E-state index in [4.69, 9.17) is 0 Å². The van der Waals surface area contributed by atoms with Crippen LogP contribution in [0, 0.1) is 46.9 Å². The molecule has 0 nitrogen and oxygen atoms in total. The van der Waals surface area contributed by atoms with E-state index >= 15 is 4.39 Å². The van der Waals surface area contributed by atoms with Gasteiger partial charge in [0.2, 0.25) is 0 Å². The Labute approximate surface area is 180 Å². The third-order valence-corrected chi connectivity index (χ3v) is 7.57. The van der Waals surface area contributed by atoms with Gasteiger partial charge in [-0.15, -0.1) is 0 Å². The Morgan fingerprint density at radius 2 is 1.55 bits per heavy atom. The van der Waals surface area contributed by atoms with Crippen LogP contribution in [-0.4, -0.2) is 0 Å². The zero-order chi connectivity index (χ0) is 22.3. The van der Waals surface area contributed by atoms with Crippen LogP contribution in [0.1, 0.15) is 50.2 Å². The molecule has 2 aromatic rings. The Morgan fingerprint density at radius 3 is 2.16 bits per heavy atom. The van der Waals surface area contributed by atoms with E-state index in [9.17, 15) is 17.6 Å². The fourth-order valence-corrected chi connectivity index (χ4v) is 5.55. The first kappa shape index (κ1) is 22.0. The molecule has 4 rings (SSSR count). The van der Waals surface area contributed by atoms with Gasteiger partial charge in [-0.2, -0.15) is 0 Å². The fraction of sp³-hybridized carbons (Fsp3) is 0.462. The zero-order valence-electron chi connectivity index (χ0n) is 17.7. The Morgan fingerprint density at radius 1 is 0.903 bits per heavy atom. The average Bonchev–Trinajstić information content (AvgIpc) is 2.76. The van der Waals surface area contributed by atoms with Crippen LogP contribution in [0.2, 0.25) is 0 Å². The molecule has 0 bridgehead atoms. The number of hydrogen-bond acceptors (Lipinski definition) is 0. The molecule has 0 aliphatic heterocycles. The quantitative estimate of drug-likeness (QED) is 0.338. The van der Waals surface area contributed by atoms with E-state index < -0.39 is 23.3 Å². The molecule has 2 aliphatic rings. The van der Waals surface area contributed by atoms with Crippen LogP contribution in [0.15, 0.2) is 36.7 Å². The Hall–Kier alpha value is -2.17. The third kappa shape index (κ3) is 4.28. The summed E-state index contributed by atoms with van der Waals surface area (Å²) in [6.45, 7) is 5.36. The highest BCUT2D eigenvalue weighted by molar-refractivity contribution is 5.66. The monoisotopic (exact) mass is 434 g/mol. The molecule has 0 radical (unpaired) electrons. The zero-order valence-corrected chi connectivity index (χ0v) is 17.7. The lowest BCUT2D eigenvalue weighted by Crippen LogP contribution is -2.28. The molecule has 31 heavy (non-hydrogen) atoms. The van der Waals surface area contributed by atoms with Crippen molar-refractivity contribution in [3.8, 4) is 11.1 Å². The summed E-state index contributed by atoms with van der Waals surface area (Å²) in [7, 11) is 0. The predicted molar refractivity (Wildman–Crippen MR) is 112 cm³/mol. The van der Waals surface area contributed by atoms with E-state index in [-0.39, 0.29) is 22.9 Å². The van der Waals surface area contributed by atoms with Crippen molar-refractivity contribution in [1.82, 2.24) is 0 Å². The lowest BCUT2D eigenvalue weighted by molar-refractivity contribution is 0.161. The van der Waals surface area contributed by atoms with Crippen LogP contribution >= 0.6 is 0 Å². The summed E-state index contributed by atoms with van der Waals surface area (Å²) in [4.78, 5) is 0. The summed E-state index contributed by atoms with van der Waals surface area (Å²) in [5, 5.41) is 0. The van der Waals surface area contributed by atoms with Gasteiger partial charge in [0, 0.05) is 11.5 Å². The smallest absolute Gasteiger partial charge is 0.194 e. The van der Waals surface area contributed by atoms with Crippen LogP contribution in [0.5, 0.6) is 0 Å². The molecule has 0 spiro atoms. The summed E-state index contributed by atoms with van der Waals surface area (Å²) in [6, 6.07) is 5.04. The second-order valence-electron chi connectivity index (χ2n) is 9.23. The van der Waals surface area contributed by atoms with Crippen molar-refractivity contribution >= 4 is 0 Å². The molecule has 2 atom stereocenters. The minimum absolute atomic E-state index is 0.000663. The van der Waals surface area contributed by atoms with Gasteiger partial charge in [0.25, 0.3) is 0 Å². The Bertz CT molecular complexity index is 965. The number of benzene rings is 2. The molecular formula is C26H27F5. The van der Waals surface area contributed by atoms with E-state index in [1.165, 1.54) is 6.07 Å².